The molecule has 0 aliphatic heterocycles. The molecule has 0 radical (unpaired) electrons. The van der Waals surface area contributed by atoms with Crippen LogP contribution in [0.2, 0.25) is 0 Å². The molecule has 0 aromatic heterocycles. The lowest BCUT2D eigenvalue weighted by Gasteiger charge is -2.20. The third kappa shape index (κ3) is 10.4. The molecular weight excluding hydrogens is 226 g/mol. The fraction of sp³-hybridized carbons (Fsp3) is 1.00. The van der Waals surface area contributed by atoms with Crippen molar-refractivity contribution in [2.75, 3.05) is 31.9 Å². The Hall–Kier alpha value is -0.170. The van der Waals surface area contributed by atoms with Crippen molar-refractivity contribution in [3.63, 3.8) is 0 Å². The lowest BCUT2D eigenvalue weighted by Crippen LogP contribution is -2.41. The van der Waals surface area contributed by atoms with Crippen molar-refractivity contribution in [2.24, 2.45) is 0 Å². The van der Waals surface area contributed by atoms with Crippen molar-refractivity contribution in [3.8, 4) is 0 Å². The number of nitrogens with one attached hydrogen (secondary N) is 3. The number of hydrogen-bond donors (Lipinski definition) is 3. The molecule has 0 rings (SSSR count). The van der Waals surface area contributed by atoms with Crippen LogP contribution in [0, 0.1) is 0 Å². The van der Waals surface area contributed by atoms with Crippen LogP contribution < -0.4 is 15.4 Å². The minimum Gasteiger partial charge on any atom is -0.314 e. The van der Waals surface area contributed by atoms with Crippen LogP contribution in [0.1, 0.15) is 27.7 Å². The third-order valence-corrected chi connectivity index (χ3v) is 3.34. The standard InChI is InChI=1S/C10H25N3O2S/c1-5-13-16(14,15)9-8-11-6-7-12-10(2,3)4/h11-13H,5-9H2,1-4H3. The van der Waals surface area contributed by atoms with E-state index in [-0.39, 0.29) is 11.3 Å². The van der Waals surface area contributed by atoms with Gasteiger partial charge < -0.3 is 10.6 Å². The first kappa shape index (κ1) is 15.8. The molecule has 0 saturated carbocycles. The highest BCUT2D eigenvalue weighted by molar-refractivity contribution is 7.89. The van der Waals surface area contributed by atoms with E-state index in [2.05, 4.69) is 36.1 Å². The van der Waals surface area contributed by atoms with E-state index in [1.807, 2.05) is 0 Å². The van der Waals surface area contributed by atoms with Crippen molar-refractivity contribution in [1.82, 2.24) is 15.4 Å². The summed E-state index contributed by atoms with van der Waals surface area (Å²) in [7, 11) is -3.08. The minimum absolute atomic E-state index is 0.109. The van der Waals surface area contributed by atoms with E-state index in [1.54, 1.807) is 6.92 Å². The largest absolute Gasteiger partial charge is 0.314 e. The first-order valence-corrected chi connectivity index (χ1v) is 7.35. The van der Waals surface area contributed by atoms with Crippen molar-refractivity contribution in [1.29, 1.82) is 0 Å². The van der Waals surface area contributed by atoms with Gasteiger partial charge in [-0.25, -0.2) is 13.1 Å². The van der Waals surface area contributed by atoms with E-state index in [4.69, 9.17) is 0 Å². The molecule has 5 nitrogen and oxygen atoms in total. The number of hydrogen-bond acceptors (Lipinski definition) is 4. The van der Waals surface area contributed by atoms with E-state index in [0.717, 1.165) is 13.1 Å². The highest BCUT2D eigenvalue weighted by atomic mass is 32.2. The van der Waals surface area contributed by atoms with Crippen LogP contribution >= 0.6 is 0 Å². The molecule has 0 fully saturated rings. The second-order valence-corrected chi connectivity index (χ2v) is 6.67. The summed E-state index contributed by atoms with van der Waals surface area (Å²) in [5.41, 5.74) is 0.109. The fourth-order valence-corrected chi connectivity index (χ4v) is 2.15. The van der Waals surface area contributed by atoms with Crippen LogP contribution in [0.3, 0.4) is 0 Å². The summed E-state index contributed by atoms with van der Waals surface area (Å²) in [5.74, 6) is 0.135. The minimum atomic E-state index is -3.08. The Morgan fingerprint density at radius 2 is 1.69 bits per heavy atom. The monoisotopic (exact) mass is 251 g/mol. The Morgan fingerprint density at radius 3 is 2.19 bits per heavy atom. The zero-order valence-corrected chi connectivity index (χ0v) is 11.6. The second kappa shape index (κ2) is 7.21. The van der Waals surface area contributed by atoms with Gasteiger partial charge in [-0.05, 0) is 20.8 Å². The molecule has 0 atom stereocenters. The number of sulfonamides is 1. The van der Waals surface area contributed by atoms with Crippen LogP contribution in [-0.4, -0.2) is 45.9 Å². The maximum Gasteiger partial charge on any atom is 0.212 e. The van der Waals surface area contributed by atoms with Crippen LogP contribution in [0.4, 0.5) is 0 Å². The van der Waals surface area contributed by atoms with Gasteiger partial charge in [-0.3, -0.25) is 0 Å². The predicted molar refractivity (Wildman–Crippen MR) is 68.1 cm³/mol. The van der Waals surface area contributed by atoms with E-state index in [0.29, 0.717) is 13.1 Å². The summed E-state index contributed by atoms with van der Waals surface area (Å²) in [6, 6.07) is 0. The highest BCUT2D eigenvalue weighted by Crippen LogP contribution is 1.96. The van der Waals surface area contributed by atoms with Gasteiger partial charge in [-0.15, -0.1) is 0 Å². The summed E-state index contributed by atoms with van der Waals surface area (Å²) in [6.45, 7) is 10.6. The van der Waals surface area contributed by atoms with Gasteiger partial charge in [0.05, 0.1) is 5.75 Å². The van der Waals surface area contributed by atoms with E-state index in [9.17, 15) is 8.42 Å². The van der Waals surface area contributed by atoms with Crippen LogP contribution in [0.25, 0.3) is 0 Å². The number of rotatable bonds is 8. The van der Waals surface area contributed by atoms with Gasteiger partial charge >= 0.3 is 0 Å². The molecule has 0 heterocycles. The average Bonchev–Trinajstić information content (AvgIpc) is 2.09. The molecule has 0 aliphatic carbocycles. The molecule has 0 bridgehead atoms. The van der Waals surface area contributed by atoms with E-state index >= 15 is 0 Å². The molecule has 0 saturated heterocycles. The van der Waals surface area contributed by atoms with Crippen LogP contribution in [0.15, 0.2) is 0 Å². The van der Waals surface area contributed by atoms with Crippen LogP contribution in [-0.2, 0) is 10.0 Å². The molecule has 16 heavy (non-hydrogen) atoms. The van der Waals surface area contributed by atoms with E-state index in [1.165, 1.54) is 0 Å². The molecule has 3 N–H and O–H groups in total. The smallest absolute Gasteiger partial charge is 0.212 e. The molecular formula is C10H25N3O2S. The lowest BCUT2D eigenvalue weighted by atomic mass is 10.1. The summed E-state index contributed by atoms with van der Waals surface area (Å²) >= 11 is 0. The third-order valence-electron chi connectivity index (χ3n) is 1.87. The molecule has 0 amide bonds. The molecule has 0 aromatic rings. The second-order valence-electron chi connectivity index (χ2n) is 4.74. The molecule has 0 unspecified atom stereocenters. The van der Waals surface area contributed by atoms with Crippen molar-refractivity contribution >= 4 is 10.0 Å². The molecule has 0 aromatic carbocycles. The van der Waals surface area contributed by atoms with E-state index < -0.39 is 10.0 Å². The van der Waals surface area contributed by atoms with Crippen LogP contribution in [0.5, 0.6) is 0 Å². The first-order chi connectivity index (χ1) is 7.27. The Bertz CT molecular complexity index is 270. The van der Waals surface area contributed by atoms with Gasteiger partial charge in [0.1, 0.15) is 0 Å². The van der Waals surface area contributed by atoms with Gasteiger partial charge in [0.25, 0.3) is 0 Å². The maximum absolute atomic E-state index is 11.3. The zero-order valence-electron chi connectivity index (χ0n) is 10.8. The van der Waals surface area contributed by atoms with Gasteiger partial charge in [-0.2, -0.15) is 0 Å². The Morgan fingerprint density at radius 1 is 1.06 bits per heavy atom. The fourth-order valence-electron chi connectivity index (χ4n) is 1.15. The predicted octanol–water partition coefficient (Wildman–Crippen LogP) is -0.0966. The lowest BCUT2D eigenvalue weighted by molar-refractivity contribution is 0.423. The Balaban J connectivity index is 3.48. The van der Waals surface area contributed by atoms with Crippen molar-refractivity contribution in [3.05, 3.63) is 0 Å². The quantitative estimate of drug-likeness (QED) is 0.527. The Labute approximate surface area is 99.4 Å². The SMILES string of the molecule is CCNS(=O)(=O)CCNCCNC(C)(C)C. The van der Waals surface area contributed by atoms with Crippen molar-refractivity contribution < 1.29 is 8.42 Å². The maximum atomic E-state index is 11.3. The molecule has 98 valence electrons. The van der Waals surface area contributed by atoms with Gasteiger partial charge in [0, 0.05) is 31.7 Å². The summed E-state index contributed by atoms with van der Waals surface area (Å²) < 4.78 is 25.0. The van der Waals surface area contributed by atoms with Crippen molar-refractivity contribution in [2.45, 2.75) is 33.2 Å². The normalized spacial score (nSPS) is 13.0. The van der Waals surface area contributed by atoms with Gasteiger partial charge in [0.15, 0.2) is 0 Å². The Kier molecular flexibility index (Phi) is 7.14. The summed E-state index contributed by atoms with van der Waals surface area (Å²) in [4.78, 5) is 0. The molecule has 6 heteroatoms. The topological polar surface area (TPSA) is 70.2 Å². The highest BCUT2D eigenvalue weighted by Gasteiger charge is 2.08. The summed E-state index contributed by atoms with van der Waals surface area (Å²) in [6.07, 6.45) is 0. The molecule has 0 spiro atoms. The average molecular weight is 251 g/mol. The van der Waals surface area contributed by atoms with Gasteiger partial charge in [-0.1, -0.05) is 6.92 Å². The van der Waals surface area contributed by atoms with Gasteiger partial charge in [0.2, 0.25) is 10.0 Å². The molecule has 0 aliphatic rings. The summed E-state index contributed by atoms with van der Waals surface area (Å²) in [5, 5.41) is 6.41. The first-order valence-electron chi connectivity index (χ1n) is 5.70. The zero-order chi connectivity index (χ0) is 12.7.